The van der Waals surface area contributed by atoms with Crippen LogP contribution in [-0.4, -0.2) is 49.7 Å². The summed E-state index contributed by atoms with van der Waals surface area (Å²) >= 11 is 0. The molecule has 0 saturated heterocycles. The molecule has 120 valence electrons. The predicted molar refractivity (Wildman–Crippen MR) is 80.4 cm³/mol. The highest BCUT2D eigenvalue weighted by Crippen LogP contribution is 2.28. The van der Waals surface area contributed by atoms with Gasteiger partial charge in [0, 0.05) is 11.1 Å². The zero-order valence-electron chi connectivity index (χ0n) is 12.7. The number of methoxy groups -OCH3 is 2. The summed E-state index contributed by atoms with van der Waals surface area (Å²) in [5, 5.41) is 7.76. The molecular formula is C15H15N3O5. The number of fused-ring (bicyclic) bond motifs is 1. The Morgan fingerprint density at radius 1 is 1.26 bits per heavy atom. The molecule has 1 aliphatic rings. The van der Waals surface area contributed by atoms with Crippen molar-refractivity contribution in [3.63, 3.8) is 0 Å². The normalized spacial score (nSPS) is 15.0. The SMILES string of the molecule is COC(=O)C1=C(C(=O)OC)N(c2ccc3cn[nH]c3c2)COC1. The van der Waals surface area contributed by atoms with E-state index < -0.39 is 11.9 Å². The second-order valence-electron chi connectivity index (χ2n) is 4.86. The average molecular weight is 317 g/mol. The van der Waals surface area contributed by atoms with E-state index >= 15 is 0 Å². The van der Waals surface area contributed by atoms with E-state index in [0.717, 1.165) is 10.9 Å². The number of aromatic amines is 1. The van der Waals surface area contributed by atoms with Gasteiger partial charge in [0.2, 0.25) is 0 Å². The molecule has 0 saturated carbocycles. The minimum Gasteiger partial charge on any atom is -0.466 e. The number of rotatable bonds is 3. The van der Waals surface area contributed by atoms with E-state index in [1.807, 2.05) is 18.2 Å². The molecule has 0 atom stereocenters. The number of aromatic nitrogens is 2. The number of nitrogens with zero attached hydrogens (tertiary/aromatic N) is 2. The van der Waals surface area contributed by atoms with Crippen LogP contribution in [0.5, 0.6) is 0 Å². The average Bonchev–Trinajstić information content (AvgIpc) is 3.07. The number of carbonyl (C=O) groups excluding carboxylic acids is 2. The van der Waals surface area contributed by atoms with E-state index in [1.165, 1.54) is 14.2 Å². The van der Waals surface area contributed by atoms with Crippen LogP contribution >= 0.6 is 0 Å². The van der Waals surface area contributed by atoms with Gasteiger partial charge in [0.25, 0.3) is 0 Å². The van der Waals surface area contributed by atoms with E-state index in [4.69, 9.17) is 14.2 Å². The molecule has 1 N–H and O–H groups in total. The van der Waals surface area contributed by atoms with Gasteiger partial charge in [-0.2, -0.15) is 5.10 Å². The fourth-order valence-electron chi connectivity index (χ4n) is 2.44. The smallest absolute Gasteiger partial charge is 0.355 e. The Morgan fingerprint density at radius 2 is 2.04 bits per heavy atom. The van der Waals surface area contributed by atoms with Gasteiger partial charge in [-0.3, -0.25) is 5.10 Å². The van der Waals surface area contributed by atoms with Crippen molar-refractivity contribution in [3.05, 3.63) is 35.7 Å². The number of esters is 2. The van der Waals surface area contributed by atoms with Crippen molar-refractivity contribution in [1.29, 1.82) is 0 Å². The molecular weight excluding hydrogens is 302 g/mol. The van der Waals surface area contributed by atoms with Gasteiger partial charge in [-0.05, 0) is 18.2 Å². The van der Waals surface area contributed by atoms with Gasteiger partial charge in [0.15, 0.2) is 0 Å². The van der Waals surface area contributed by atoms with Crippen molar-refractivity contribution in [2.75, 3.05) is 32.5 Å². The minimum atomic E-state index is -0.627. The highest BCUT2D eigenvalue weighted by Gasteiger charge is 2.32. The van der Waals surface area contributed by atoms with Crippen LogP contribution < -0.4 is 4.90 Å². The Morgan fingerprint density at radius 3 is 2.78 bits per heavy atom. The first-order chi connectivity index (χ1) is 11.2. The van der Waals surface area contributed by atoms with Gasteiger partial charge < -0.3 is 19.1 Å². The molecule has 2 heterocycles. The molecule has 8 nitrogen and oxygen atoms in total. The second-order valence-corrected chi connectivity index (χ2v) is 4.86. The van der Waals surface area contributed by atoms with Gasteiger partial charge in [-0.25, -0.2) is 9.59 Å². The van der Waals surface area contributed by atoms with E-state index in [2.05, 4.69) is 10.2 Å². The minimum absolute atomic E-state index is 0.0140. The van der Waals surface area contributed by atoms with Crippen molar-refractivity contribution in [3.8, 4) is 0 Å². The molecule has 0 spiro atoms. The molecule has 1 aliphatic heterocycles. The Kier molecular flexibility index (Phi) is 3.98. The van der Waals surface area contributed by atoms with Crippen molar-refractivity contribution in [1.82, 2.24) is 10.2 Å². The summed E-state index contributed by atoms with van der Waals surface area (Å²) in [5.41, 5.74) is 1.71. The number of ether oxygens (including phenoxy) is 3. The fourth-order valence-corrected chi connectivity index (χ4v) is 2.44. The summed E-state index contributed by atoms with van der Waals surface area (Å²) in [6, 6.07) is 5.48. The molecule has 0 aliphatic carbocycles. The Bertz CT molecular complexity index is 795. The topological polar surface area (TPSA) is 93.8 Å². The second kappa shape index (κ2) is 6.09. The van der Waals surface area contributed by atoms with Gasteiger partial charge in [-0.15, -0.1) is 0 Å². The molecule has 3 rings (SSSR count). The third kappa shape index (κ3) is 2.64. The number of anilines is 1. The molecule has 0 amide bonds. The first kappa shape index (κ1) is 15.0. The summed E-state index contributed by atoms with van der Waals surface area (Å²) in [6.45, 7) is 0.102. The van der Waals surface area contributed by atoms with Crippen LogP contribution in [0.3, 0.4) is 0 Å². The molecule has 2 aromatic rings. The molecule has 1 aromatic carbocycles. The summed E-state index contributed by atoms with van der Waals surface area (Å²) in [4.78, 5) is 25.7. The number of carbonyl (C=O) groups is 2. The van der Waals surface area contributed by atoms with Crippen LogP contribution in [0.2, 0.25) is 0 Å². The summed E-state index contributed by atoms with van der Waals surface area (Å²) < 4.78 is 15.0. The third-order valence-corrected chi connectivity index (χ3v) is 3.57. The third-order valence-electron chi connectivity index (χ3n) is 3.57. The number of H-pyrrole nitrogens is 1. The Labute approximate surface area is 131 Å². The zero-order chi connectivity index (χ0) is 16.4. The molecule has 1 aromatic heterocycles. The van der Waals surface area contributed by atoms with Crippen molar-refractivity contribution < 1.29 is 23.8 Å². The lowest BCUT2D eigenvalue weighted by atomic mass is 10.1. The lowest BCUT2D eigenvalue weighted by Crippen LogP contribution is -2.38. The molecule has 23 heavy (non-hydrogen) atoms. The number of nitrogens with one attached hydrogen (secondary N) is 1. The van der Waals surface area contributed by atoms with Crippen molar-refractivity contribution >= 4 is 28.5 Å². The van der Waals surface area contributed by atoms with Crippen LogP contribution in [0.25, 0.3) is 10.9 Å². The van der Waals surface area contributed by atoms with E-state index in [9.17, 15) is 9.59 Å². The molecule has 8 heteroatoms. The van der Waals surface area contributed by atoms with Crippen molar-refractivity contribution in [2.24, 2.45) is 0 Å². The highest BCUT2D eigenvalue weighted by molar-refractivity contribution is 6.03. The highest BCUT2D eigenvalue weighted by atomic mass is 16.5. The van der Waals surface area contributed by atoms with Crippen LogP contribution in [-0.2, 0) is 23.8 Å². The lowest BCUT2D eigenvalue weighted by molar-refractivity contribution is -0.140. The van der Waals surface area contributed by atoms with Gasteiger partial charge in [0.05, 0.1) is 38.1 Å². The first-order valence-corrected chi connectivity index (χ1v) is 6.84. The number of benzene rings is 1. The van der Waals surface area contributed by atoms with Gasteiger partial charge in [0.1, 0.15) is 12.4 Å². The predicted octanol–water partition coefficient (Wildman–Crippen LogP) is 0.957. The molecule has 0 radical (unpaired) electrons. The maximum atomic E-state index is 12.2. The van der Waals surface area contributed by atoms with E-state index in [-0.39, 0.29) is 24.6 Å². The maximum Gasteiger partial charge on any atom is 0.355 e. The Balaban J connectivity index is 2.11. The fraction of sp³-hybridized carbons (Fsp3) is 0.267. The van der Waals surface area contributed by atoms with E-state index in [0.29, 0.717) is 5.69 Å². The zero-order valence-corrected chi connectivity index (χ0v) is 12.7. The van der Waals surface area contributed by atoms with Crippen LogP contribution in [0, 0.1) is 0 Å². The van der Waals surface area contributed by atoms with Crippen LogP contribution in [0.1, 0.15) is 0 Å². The number of hydrogen-bond acceptors (Lipinski definition) is 7. The summed E-state index contributed by atoms with van der Waals surface area (Å²) in [5.74, 6) is -1.25. The Hall–Kier alpha value is -2.87. The van der Waals surface area contributed by atoms with E-state index in [1.54, 1.807) is 11.1 Å². The lowest BCUT2D eigenvalue weighted by Gasteiger charge is -2.31. The molecule has 0 unspecified atom stereocenters. The van der Waals surface area contributed by atoms with Gasteiger partial charge >= 0.3 is 11.9 Å². The maximum absolute atomic E-state index is 12.2. The largest absolute Gasteiger partial charge is 0.466 e. The van der Waals surface area contributed by atoms with Crippen molar-refractivity contribution in [2.45, 2.75) is 0 Å². The monoisotopic (exact) mass is 317 g/mol. The van der Waals surface area contributed by atoms with Crippen LogP contribution in [0.4, 0.5) is 5.69 Å². The van der Waals surface area contributed by atoms with Crippen LogP contribution in [0.15, 0.2) is 35.7 Å². The summed E-state index contributed by atoms with van der Waals surface area (Å²) in [7, 11) is 2.51. The molecule has 0 bridgehead atoms. The standard InChI is InChI=1S/C15H15N3O5/c1-21-14(19)11-7-23-8-18(13(11)15(20)22-2)10-4-3-9-6-16-17-12(9)5-10/h3-6H,7-8H2,1-2H3,(H,16,17). The first-order valence-electron chi connectivity index (χ1n) is 6.84. The quantitative estimate of drug-likeness (QED) is 0.843. The molecule has 0 fully saturated rings. The summed E-state index contributed by atoms with van der Waals surface area (Å²) in [6.07, 6.45) is 1.70. The number of hydrogen-bond donors (Lipinski definition) is 1. The van der Waals surface area contributed by atoms with Gasteiger partial charge in [-0.1, -0.05) is 0 Å².